The van der Waals surface area contributed by atoms with Gasteiger partial charge in [0, 0.05) is 12.1 Å². The molecule has 0 aliphatic carbocycles. The van der Waals surface area contributed by atoms with Crippen molar-refractivity contribution < 1.29 is 14.3 Å². The van der Waals surface area contributed by atoms with Gasteiger partial charge < -0.3 is 14.8 Å². The number of rotatable bonds is 6. The van der Waals surface area contributed by atoms with Crippen LogP contribution in [-0.4, -0.2) is 19.6 Å². The molecule has 1 amide bonds. The Morgan fingerprint density at radius 2 is 1.82 bits per heavy atom. The van der Waals surface area contributed by atoms with Crippen LogP contribution in [0, 0.1) is 6.92 Å². The molecule has 0 bridgehead atoms. The summed E-state index contributed by atoms with van der Waals surface area (Å²) >= 11 is 0. The van der Waals surface area contributed by atoms with Gasteiger partial charge in [-0.3, -0.25) is 4.79 Å². The van der Waals surface area contributed by atoms with E-state index in [2.05, 4.69) is 5.32 Å². The summed E-state index contributed by atoms with van der Waals surface area (Å²) in [6.07, 6.45) is 0. The van der Waals surface area contributed by atoms with E-state index in [-0.39, 0.29) is 5.91 Å². The summed E-state index contributed by atoms with van der Waals surface area (Å²) in [5.74, 6) is 1.29. The molecule has 0 fully saturated rings. The number of hydrogen-bond donors (Lipinski definition) is 1. The Balaban J connectivity index is 2.03. The van der Waals surface area contributed by atoms with Crippen LogP contribution >= 0.6 is 0 Å². The second-order valence-corrected chi connectivity index (χ2v) is 4.97. The number of carbonyl (C=O) groups is 1. The van der Waals surface area contributed by atoms with Crippen molar-refractivity contribution in [3.63, 3.8) is 0 Å². The highest BCUT2D eigenvalue weighted by Crippen LogP contribution is 2.27. The number of amides is 1. The average Bonchev–Trinajstić information content (AvgIpc) is 2.54. The molecule has 2 rings (SSSR count). The first kappa shape index (κ1) is 15.9. The predicted octanol–water partition coefficient (Wildman–Crippen LogP) is 3.33. The fourth-order valence-electron chi connectivity index (χ4n) is 2.09. The molecule has 0 atom stereocenters. The Labute approximate surface area is 131 Å². The van der Waals surface area contributed by atoms with E-state index in [4.69, 9.17) is 9.47 Å². The van der Waals surface area contributed by atoms with Crippen LogP contribution in [0.15, 0.2) is 42.5 Å². The van der Waals surface area contributed by atoms with Crippen molar-refractivity contribution >= 4 is 5.91 Å². The van der Waals surface area contributed by atoms with Crippen molar-refractivity contribution in [3.8, 4) is 11.5 Å². The summed E-state index contributed by atoms with van der Waals surface area (Å²) in [5.41, 5.74) is 2.75. The van der Waals surface area contributed by atoms with Crippen LogP contribution in [0.5, 0.6) is 11.5 Å². The van der Waals surface area contributed by atoms with E-state index in [9.17, 15) is 4.79 Å². The summed E-state index contributed by atoms with van der Waals surface area (Å²) in [7, 11) is 1.61. The Morgan fingerprint density at radius 1 is 1.09 bits per heavy atom. The van der Waals surface area contributed by atoms with Crippen LogP contribution in [-0.2, 0) is 6.54 Å². The van der Waals surface area contributed by atoms with E-state index in [1.165, 1.54) is 0 Å². The van der Waals surface area contributed by atoms with Gasteiger partial charge in [-0.15, -0.1) is 0 Å². The molecule has 1 N–H and O–H groups in total. The monoisotopic (exact) mass is 299 g/mol. The van der Waals surface area contributed by atoms with Gasteiger partial charge >= 0.3 is 0 Å². The van der Waals surface area contributed by atoms with Crippen molar-refractivity contribution in [3.05, 3.63) is 59.2 Å². The molecule has 0 saturated carbocycles. The van der Waals surface area contributed by atoms with Crippen molar-refractivity contribution in [2.24, 2.45) is 0 Å². The summed E-state index contributed by atoms with van der Waals surface area (Å²) in [6, 6.07) is 13.1. The SMILES string of the molecule is CCOc1cc(CNC(=O)c2ccc(C)cc2)ccc1OC. The molecule has 0 spiro atoms. The number of ether oxygens (including phenoxy) is 2. The molecule has 0 radical (unpaired) electrons. The molecule has 0 aromatic heterocycles. The van der Waals surface area contributed by atoms with Gasteiger partial charge in [-0.1, -0.05) is 23.8 Å². The topological polar surface area (TPSA) is 47.6 Å². The third-order valence-corrected chi connectivity index (χ3v) is 3.29. The van der Waals surface area contributed by atoms with E-state index < -0.39 is 0 Å². The zero-order valence-corrected chi connectivity index (χ0v) is 13.2. The van der Waals surface area contributed by atoms with Gasteiger partial charge in [0.2, 0.25) is 0 Å². The molecule has 22 heavy (non-hydrogen) atoms. The molecule has 116 valence electrons. The molecule has 0 aliphatic rings. The van der Waals surface area contributed by atoms with E-state index >= 15 is 0 Å². The first-order chi connectivity index (χ1) is 10.6. The summed E-state index contributed by atoms with van der Waals surface area (Å²) in [6.45, 7) is 4.92. The number of hydrogen-bond acceptors (Lipinski definition) is 3. The Morgan fingerprint density at radius 3 is 2.45 bits per heavy atom. The third-order valence-electron chi connectivity index (χ3n) is 3.29. The van der Waals surface area contributed by atoms with E-state index in [0.717, 1.165) is 11.1 Å². The highest BCUT2D eigenvalue weighted by Gasteiger charge is 2.08. The van der Waals surface area contributed by atoms with Crippen LogP contribution in [0.3, 0.4) is 0 Å². The van der Waals surface area contributed by atoms with Crippen LogP contribution in [0.4, 0.5) is 0 Å². The molecule has 4 nitrogen and oxygen atoms in total. The largest absolute Gasteiger partial charge is 0.493 e. The average molecular weight is 299 g/mol. The minimum absolute atomic E-state index is 0.0891. The Bertz CT molecular complexity index is 635. The summed E-state index contributed by atoms with van der Waals surface area (Å²) in [5, 5.41) is 2.91. The molecule has 2 aromatic carbocycles. The van der Waals surface area contributed by atoms with Gasteiger partial charge in [-0.05, 0) is 43.7 Å². The number of carbonyl (C=O) groups excluding carboxylic acids is 1. The standard InChI is InChI=1S/C18H21NO3/c1-4-22-17-11-14(7-10-16(17)21-3)12-19-18(20)15-8-5-13(2)6-9-15/h5-11H,4,12H2,1-3H3,(H,19,20). The van der Waals surface area contributed by atoms with Gasteiger partial charge in [0.25, 0.3) is 5.91 Å². The minimum atomic E-state index is -0.0891. The normalized spacial score (nSPS) is 10.1. The minimum Gasteiger partial charge on any atom is -0.493 e. The molecular formula is C18H21NO3. The third kappa shape index (κ3) is 4.01. The maximum Gasteiger partial charge on any atom is 0.251 e. The van der Waals surface area contributed by atoms with E-state index in [1.54, 1.807) is 7.11 Å². The number of aryl methyl sites for hydroxylation is 1. The highest BCUT2D eigenvalue weighted by molar-refractivity contribution is 5.94. The van der Waals surface area contributed by atoms with Crippen LogP contribution < -0.4 is 14.8 Å². The van der Waals surface area contributed by atoms with Gasteiger partial charge in [0.05, 0.1) is 13.7 Å². The zero-order chi connectivity index (χ0) is 15.9. The predicted molar refractivity (Wildman–Crippen MR) is 86.5 cm³/mol. The van der Waals surface area contributed by atoms with Gasteiger partial charge in [-0.25, -0.2) is 0 Å². The maximum atomic E-state index is 12.1. The van der Waals surface area contributed by atoms with Gasteiger partial charge in [0.15, 0.2) is 11.5 Å². The van der Waals surface area contributed by atoms with Gasteiger partial charge in [0.1, 0.15) is 0 Å². The zero-order valence-electron chi connectivity index (χ0n) is 13.2. The summed E-state index contributed by atoms with van der Waals surface area (Å²) in [4.78, 5) is 12.1. The van der Waals surface area contributed by atoms with Crippen molar-refractivity contribution in [2.45, 2.75) is 20.4 Å². The first-order valence-corrected chi connectivity index (χ1v) is 7.28. The van der Waals surface area contributed by atoms with E-state index in [0.29, 0.717) is 30.2 Å². The lowest BCUT2D eigenvalue weighted by Gasteiger charge is -2.11. The van der Waals surface area contributed by atoms with Crippen LogP contribution in [0.25, 0.3) is 0 Å². The Kier molecular flexibility index (Phi) is 5.42. The molecule has 0 aliphatic heterocycles. The quantitative estimate of drug-likeness (QED) is 0.890. The number of methoxy groups -OCH3 is 1. The lowest BCUT2D eigenvalue weighted by Crippen LogP contribution is -2.22. The second-order valence-electron chi connectivity index (χ2n) is 4.97. The van der Waals surface area contributed by atoms with Crippen LogP contribution in [0.2, 0.25) is 0 Å². The van der Waals surface area contributed by atoms with Gasteiger partial charge in [-0.2, -0.15) is 0 Å². The van der Waals surface area contributed by atoms with Crippen molar-refractivity contribution in [1.29, 1.82) is 0 Å². The molecule has 0 heterocycles. The second kappa shape index (κ2) is 7.50. The van der Waals surface area contributed by atoms with Crippen LogP contribution in [0.1, 0.15) is 28.4 Å². The summed E-state index contributed by atoms with van der Waals surface area (Å²) < 4.78 is 10.8. The lowest BCUT2D eigenvalue weighted by atomic mass is 10.1. The molecule has 4 heteroatoms. The number of nitrogens with one attached hydrogen (secondary N) is 1. The molecule has 2 aromatic rings. The molecule has 0 unspecified atom stereocenters. The maximum absolute atomic E-state index is 12.1. The highest BCUT2D eigenvalue weighted by atomic mass is 16.5. The fraction of sp³-hybridized carbons (Fsp3) is 0.278. The van der Waals surface area contributed by atoms with E-state index in [1.807, 2.05) is 56.3 Å². The Hall–Kier alpha value is -2.49. The number of benzene rings is 2. The smallest absolute Gasteiger partial charge is 0.251 e. The molecule has 0 saturated heterocycles. The van der Waals surface area contributed by atoms with Crippen molar-refractivity contribution in [1.82, 2.24) is 5.32 Å². The van der Waals surface area contributed by atoms with Crippen molar-refractivity contribution in [2.75, 3.05) is 13.7 Å². The first-order valence-electron chi connectivity index (χ1n) is 7.28. The fourth-order valence-corrected chi connectivity index (χ4v) is 2.09. The molecular weight excluding hydrogens is 278 g/mol. The lowest BCUT2D eigenvalue weighted by molar-refractivity contribution is 0.0951.